The van der Waals surface area contributed by atoms with Crippen molar-refractivity contribution < 1.29 is 23.5 Å². The molecule has 0 aliphatic carbocycles. The van der Waals surface area contributed by atoms with Crippen molar-refractivity contribution in [2.24, 2.45) is 5.10 Å². The molecule has 0 unspecified atom stereocenters. The summed E-state index contributed by atoms with van der Waals surface area (Å²) in [5.41, 5.74) is 3.25. The molecule has 1 amide bonds. The lowest BCUT2D eigenvalue weighted by atomic mass is 10.2. The molecule has 6 nitrogen and oxygen atoms in total. The average Bonchev–Trinajstić information content (AvgIpc) is 2.56. The second-order valence-electron chi connectivity index (χ2n) is 4.71. The number of rotatable bonds is 5. The van der Waals surface area contributed by atoms with Crippen molar-refractivity contribution in [3.63, 3.8) is 0 Å². The molecule has 2 aromatic carbocycles. The molecular weight excluding hydrogens is 315 g/mol. The van der Waals surface area contributed by atoms with E-state index in [1.807, 2.05) is 0 Å². The molecule has 0 spiro atoms. The molecule has 0 radical (unpaired) electrons. The van der Waals surface area contributed by atoms with E-state index in [1.54, 1.807) is 18.2 Å². The summed E-state index contributed by atoms with van der Waals surface area (Å²) < 4.78 is 22.9. The van der Waals surface area contributed by atoms with Crippen LogP contribution in [0.4, 0.5) is 4.39 Å². The maximum absolute atomic E-state index is 12.8. The second-order valence-corrected chi connectivity index (χ2v) is 4.71. The molecule has 1 N–H and O–H groups in total. The first-order valence-corrected chi connectivity index (χ1v) is 6.95. The monoisotopic (exact) mass is 330 g/mol. The van der Waals surface area contributed by atoms with Crippen LogP contribution in [0.15, 0.2) is 47.6 Å². The standard InChI is InChI=1S/C17H15FN2O4/c1-11(21)24-15-8-3-12(9-16(15)23-2)10-19-20-17(22)13-4-6-14(18)7-5-13/h3-10H,1-2H3,(H,20,22). The molecule has 124 valence electrons. The minimum absolute atomic E-state index is 0.288. The molecule has 7 heteroatoms. The number of hydrogen-bond donors (Lipinski definition) is 1. The predicted molar refractivity (Wildman–Crippen MR) is 85.8 cm³/mol. The molecule has 0 aromatic heterocycles. The van der Waals surface area contributed by atoms with Crippen LogP contribution in [0.3, 0.4) is 0 Å². The Morgan fingerprint density at radius 3 is 2.46 bits per heavy atom. The number of carbonyl (C=O) groups excluding carboxylic acids is 2. The number of halogens is 1. The van der Waals surface area contributed by atoms with E-state index < -0.39 is 17.7 Å². The smallest absolute Gasteiger partial charge is 0.308 e. The average molecular weight is 330 g/mol. The van der Waals surface area contributed by atoms with Crippen molar-refractivity contribution in [1.29, 1.82) is 0 Å². The normalized spacial score (nSPS) is 10.5. The zero-order chi connectivity index (χ0) is 17.5. The highest BCUT2D eigenvalue weighted by Crippen LogP contribution is 2.27. The van der Waals surface area contributed by atoms with Gasteiger partial charge in [0.1, 0.15) is 5.82 Å². The first-order chi connectivity index (χ1) is 11.5. The highest BCUT2D eigenvalue weighted by atomic mass is 19.1. The summed E-state index contributed by atoms with van der Waals surface area (Å²) >= 11 is 0. The number of amides is 1. The third-order valence-corrected chi connectivity index (χ3v) is 2.93. The molecule has 0 bridgehead atoms. The fraction of sp³-hybridized carbons (Fsp3) is 0.118. The number of nitrogens with one attached hydrogen (secondary N) is 1. The van der Waals surface area contributed by atoms with Gasteiger partial charge in [-0.05, 0) is 48.0 Å². The predicted octanol–water partition coefficient (Wildman–Crippen LogP) is 2.52. The highest BCUT2D eigenvalue weighted by molar-refractivity contribution is 5.94. The molecule has 0 saturated carbocycles. The molecule has 0 aliphatic heterocycles. The van der Waals surface area contributed by atoms with Gasteiger partial charge in [-0.2, -0.15) is 5.10 Å². The quantitative estimate of drug-likeness (QED) is 0.395. The van der Waals surface area contributed by atoms with Crippen molar-refractivity contribution >= 4 is 18.1 Å². The lowest BCUT2D eigenvalue weighted by molar-refractivity contribution is -0.132. The van der Waals surface area contributed by atoms with Gasteiger partial charge in [-0.3, -0.25) is 9.59 Å². The molecule has 0 atom stereocenters. The Balaban J connectivity index is 2.04. The summed E-state index contributed by atoms with van der Waals surface area (Å²) in [6.07, 6.45) is 1.40. The van der Waals surface area contributed by atoms with Gasteiger partial charge in [0.15, 0.2) is 11.5 Å². The van der Waals surface area contributed by atoms with Gasteiger partial charge in [0.2, 0.25) is 0 Å². The lowest BCUT2D eigenvalue weighted by Gasteiger charge is -2.08. The number of hydrogen-bond acceptors (Lipinski definition) is 5. The molecule has 0 saturated heterocycles. The van der Waals surface area contributed by atoms with E-state index in [2.05, 4.69) is 10.5 Å². The Morgan fingerprint density at radius 2 is 1.83 bits per heavy atom. The third-order valence-electron chi connectivity index (χ3n) is 2.93. The van der Waals surface area contributed by atoms with Crippen molar-refractivity contribution in [2.75, 3.05) is 7.11 Å². The number of carbonyl (C=O) groups is 2. The Labute approximate surface area is 137 Å². The maximum Gasteiger partial charge on any atom is 0.308 e. The van der Waals surface area contributed by atoms with Crippen LogP contribution in [0.2, 0.25) is 0 Å². The van der Waals surface area contributed by atoms with Crippen molar-refractivity contribution in [1.82, 2.24) is 5.43 Å². The van der Waals surface area contributed by atoms with Crippen molar-refractivity contribution in [2.45, 2.75) is 6.92 Å². The number of ether oxygens (including phenoxy) is 2. The van der Waals surface area contributed by atoms with Gasteiger partial charge in [0.25, 0.3) is 5.91 Å². The van der Waals surface area contributed by atoms with Gasteiger partial charge in [0.05, 0.1) is 13.3 Å². The minimum Gasteiger partial charge on any atom is -0.493 e. The molecule has 2 aromatic rings. The number of benzene rings is 2. The fourth-order valence-corrected chi connectivity index (χ4v) is 1.83. The summed E-state index contributed by atoms with van der Waals surface area (Å²) in [5, 5.41) is 3.82. The van der Waals surface area contributed by atoms with Gasteiger partial charge in [-0.1, -0.05) is 0 Å². The van der Waals surface area contributed by atoms with Gasteiger partial charge in [0, 0.05) is 12.5 Å². The minimum atomic E-state index is -0.463. The summed E-state index contributed by atoms with van der Waals surface area (Å²) in [7, 11) is 1.44. The van der Waals surface area contributed by atoms with Crippen molar-refractivity contribution in [3.8, 4) is 11.5 Å². The maximum atomic E-state index is 12.8. The summed E-state index contributed by atoms with van der Waals surface area (Å²) in [4.78, 5) is 22.8. The summed E-state index contributed by atoms with van der Waals surface area (Å²) in [5.74, 6) is -0.692. The zero-order valence-corrected chi connectivity index (χ0v) is 13.1. The Kier molecular flexibility index (Phi) is 5.62. The third kappa shape index (κ3) is 4.64. The van der Waals surface area contributed by atoms with E-state index in [-0.39, 0.29) is 11.3 Å². The lowest BCUT2D eigenvalue weighted by Crippen LogP contribution is -2.17. The Bertz CT molecular complexity index is 773. The first kappa shape index (κ1) is 17.1. The van der Waals surface area contributed by atoms with E-state index in [1.165, 1.54) is 44.5 Å². The van der Waals surface area contributed by atoms with Crippen LogP contribution in [0.1, 0.15) is 22.8 Å². The number of methoxy groups -OCH3 is 1. The SMILES string of the molecule is COc1cc(C=NNC(=O)c2ccc(F)cc2)ccc1OC(C)=O. The fourth-order valence-electron chi connectivity index (χ4n) is 1.83. The topological polar surface area (TPSA) is 77.0 Å². The van der Waals surface area contributed by atoms with Crippen LogP contribution < -0.4 is 14.9 Å². The van der Waals surface area contributed by atoms with Crippen molar-refractivity contribution in [3.05, 3.63) is 59.4 Å². The van der Waals surface area contributed by atoms with E-state index >= 15 is 0 Å². The number of hydrazone groups is 1. The molecule has 0 fully saturated rings. The summed E-state index contributed by atoms with van der Waals surface area (Å²) in [6.45, 7) is 1.29. The van der Waals surface area contributed by atoms with Crippen LogP contribution in [-0.2, 0) is 4.79 Å². The molecule has 0 heterocycles. The van der Waals surface area contributed by atoms with E-state index in [9.17, 15) is 14.0 Å². The van der Waals surface area contributed by atoms with Crippen LogP contribution in [0.5, 0.6) is 11.5 Å². The van der Waals surface area contributed by atoms with Gasteiger partial charge < -0.3 is 9.47 Å². The highest BCUT2D eigenvalue weighted by Gasteiger charge is 2.07. The Hall–Kier alpha value is -3.22. The zero-order valence-electron chi connectivity index (χ0n) is 13.1. The van der Waals surface area contributed by atoms with Crippen LogP contribution in [0.25, 0.3) is 0 Å². The van der Waals surface area contributed by atoms with E-state index in [0.29, 0.717) is 11.3 Å². The molecular formula is C17H15FN2O4. The summed E-state index contributed by atoms with van der Waals surface area (Å²) in [6, 6.07) is 9.91. The number of esters is 1. The molecule has 24 heavy (non-hydrogen) atoms. The van der Waals surface area contributed by atoms with Gasteiger partial charge in [-0.25, -0.2) is 9.82 Å². The van der Waals surface area contributed by atoms with E-state index in [0.717, 1.165) is 0 Å². The van der Waals surface area contributed by atoms with Gasteiger partial charge in [-0.15, -0.1) is 0 Å². The first-order valence-electron chi connectivity index (χ1n) is 6.95. The molecule has 2 rings (SSSR count). The Morgan fingerprint density at radius 1 is 1.12 bits per heavy atom. The largest absolute Gasteiger partial charge is 0.493 e. The number of nitrogens with zero attached hydrogens (tertiary/aromatic N) is 1. The van der Waals surface area contributed by atoms with Gasteiger partial charge >= 0.3 is 5.97 Å². The van der Waals surface area contributed by atoms with E-state index in [4.69, 9.17) is 9.47 Å². The second kappa shape index (κ2) is 7.87. The van der Waals surface area contributed by atoms with Crippen LogP contribution >= 0.6 is 0 Å². The van der Waals surface area contributed by atoms with Crippen LogP contribution in [0, 0.1) is 5.82 Å². The van der Waals surface area contributed by atoms with Crippen LogP contribution in [-0.4, -0.2) is 25.2 Å². The molecule has 0 aliphatic rings.